The van der Waals surface area contributed by atoms with Gasteiger partial charge in [-0.25, -0.2) is 9.97 Å². The third kappa shape index (κ3) is 4.59. The van der Waals surface area contributed by atoms with E-state index in [2.05, 4.69) is 143 Å². The van der Waals surface area contributed by atoms with Crippen molar-refractivity contribution in [3.8, 4) is 50.7 Å². The summed E-state index contributed by atoms with van der Waals surface area (Å²) in [5, 5.41) is 4.61. The summed E-state index contributed by atoms with van der Waals surface area (Å²) in [7, 11) is 0. The van der Waals surface area contributed by atoms with E-state index in [9.17, 15) is 0 Å². The highest BCUT2D eigenvalue weighted by Crippen LogP contribution is 2.34. The molecule has 0 saturated heterocycles. The van der Waals surface area contributed by atoms with Crippen molar-refractivity contribution in [2.75, 3.05) is 0 Å². The number of para-hydroxylation sites is 1. The smallest absolute Gasteiger partial charge is 0.138 e. The van der Waals surface area contributed by atoms with E-state index >= 15 is 0 Å². The van der Waals surface area contributed by atoms with Crippen LogP contribution in [-0.2, 0) is 6.54 Å². The number of pyridine rings is 2. The van der Waals surface area contributed by atoms with Gasteiger partial charge in [-0.15, -0.1) is 0 Å². The first-order valence-electron chi connectivity index (χ1n) is 14.6. The molecule has 1 aliphatic heterocycles. The van der Waals surface area contributed by atoms with Crippen LogP contribution in [0, 0.1) is 0 Å². The van der Waals surface area contributed by atoms with Gasteiger partial charge in [0.15, 0.2) is 0 Å². The largest absolute Gasteiger partial charge is 0.385 e. The van der Waals surface area contributed by atoms with Crippen molar-refractivity contribution in [1.82, 2.24) is 19.9 Å². The van der Waals surface area contributed by atoms with E-state index in [1.165, 1.54) is 27.8 Å². The molecule has 204 valence electrons. The molecule has 0 bridgehead atoms. The molecule has 0 saturated carbocycles. The zero-order valence-corrected chi connectivity index (χ0v) is 23.5. The third-order valence-corrected chi connectivity index (χ3v) is 8.07. The molecule has 4 aromatic carbocycles. The van der Waals surface area contributed by atoms with Gasteiger partial charge in [0.05, 0.1) is 34.8 Å². The summed E-state index contributed by atoms with van der Waals surface area (Å²) in [5.41, 5.74) is 12.0. The number of nitrogens with zero attached hydrogens (tertiary/aromatic N) is 3. The second kappa shape index (κ2) is 10.6. The molecule has 0 radical (unpaired) electrons. The van der Waals surface area contributed by atoms with Gasteiger partial charge in [0.25, 0.3) is 0 Å². The number of benzene rings is 4. The van der Waals surface area contributed by atoms with Crippen molar-refractivity contribution in [3.63, 3.8) is 0 Å². The molecule has 1 aliphatic rings. The maximum absolute atomic E-state index is 5.16. The first kappa shape index (κ1) is 25.0. The van der Waals surface area contributed by atoms with E-state index in [-0.39, 0.29) is 0 Å². The molecule has 4 heteroatoms. The minimum absolute atomic E-state index is 0.752. The predicted molar refractivity (Wildman–Crippen MR) is 176 cm³/mol. The fourth-order valence-corrected chi connectivity index (χ4v) is 6.04. The Morgan fingerprint density at radius 3 is 1.86 bits per heavy atom. The monoisotopic (exact) mass is 552 g/mol. The van der Waals surface area contributed by atoms with Crippen molar-refractivity contribution in [2.45, 2.75) is 6.54 Å². The van der Waals surface area contributed by atoms with Crippen LogP contribution < -0.4 is 5.32 Å². The quantitative estimate of drug-likeness (QED) is 0.232. The molecule has 7 aromatic rings. The molecule has 0 amide bonds. The lowest BCUT2D eigenvalue weighted by Crippen LogP contribution is -2.14. The van der Waals surface area contributed by atoms with Crippen molar-refractivity contribution >= 4 is 17.0 Å². The highest BCUT2D eigenvalue weighted by Gasteiger charge is 2.19. The van der Waals surface area contributed by atoms with Crippen LogP contribution >= 0.6 is 0 Å². The van der Waals surface area contributed by atoms with Gasteiger partial charge >= 0.3 is 0 Å². The minimum Gasteiger partial charge on any atom is -0.385 e. The van der Waals surface area contributed by atoms with Crippen molar-refractivity contribution in [1.29, 1.82) is 0 Å². The van der Waals surface area contributed by atoms with Crippen LogP contribution in [0.3, 0.4) is 0 Å². The maximum atomic E-state index is 5.16. The van der Waals surface area contributed by atoms with Gasteiger partial charge in [0, 0.05) is 16.5 Å². The fourth-order valence-electron chi connectivity index (χ4n) is 6.04. The number of hydrogen-bond acceptors (Lipinski definition) is 3. The molecular weight excluding hydrogens is 524 g/mol. The molecule has 4 nitrogen and oxygen atoms in total. The Morgan fingerprint density at radius 1 is 0.512 bits per heavy atom. The van der Waals surface area contributed by atoms with Crippen LogP contribution in [-0.4, -0.2) is 14.5 Å². The van der Waals surface area contributed by atoms with E-state index in [0.29, 0.717) is 0 Å². The normalized spacial score (nSPS) is 12.2. The van der Waals surface area contributed by atoms with Gasteiger partial charge in [0.2, 0.25) is 0 Å². The molecule has 43 heavy (non-hydrogen) atoms. The molecular formula is C39H28N4. The third-order valence-electron chi connectivity index (χ3n) is 8.07. The number of nitrogens with one attached hydrogen (secondary N) is 1. The van der Waals surface area contributed by atoms with Gasteiger partial charge in [-0.1, -0.05) is 91.0 Å². The zero-order chi connectivity index (χ0) is 28.6. The second-order valence-electron chi connectivity index (χ2n) is 10.7. The van der Waals surface area contributed by atoms with Gasteiger partial charge < -0.3 is 5.32 Å². The first-order chi connectivity index (χ1) is 21.3. The Kier molecular flexibility index (Phi) is 6.16. The van der Waals surface area contributed by atoms with E-state index in [1.807, 2.05) is 18.3 Å². The maximum Gasteiger partial charge on any atom is 0.138 e. The van der Waals surface area contributed by atoms with E-state index in [1.54, 1.807) is 0 Å². The first-order valence-corrected chi connectivity index (χ1v) is 14.6. The summed E-state index contributed by atoms with van der Waals surface area (Å²) in [4.78, 5) is 10.3. The van der Waals surface area contributed by atoms with Gasteiger partial charge in [0.1, 0.15) is 5.82 Å². The summed E-state index contributed by atoms with van der Waals surface area (Å²) >= 11 is 0. The van der Waals surface area contributed by atoms with Crippen molar-refractivity contribution in [2.24, 2.45) is 0 Å². The Labute approximate surface area is 250 Å². The lowest BCUT2D eigenvalue weighted by molar-refractivity contribution is 0.795. The number of fused-ring (bicyclic) bond motifs is 3. The summed E-state index contributed by atoms with van der Waals surface area (Å²) in [5.74, 6) is 0.886. The Hall–Kier alpha value is -5.74. The average molecular weight is 553 g/mol. The minimum atomic E-state index is 0.752. The second-order valence-corrected chi connectivity index (χ2v) is 10.7. The van der Waals surface area contributed by atoms with Crippen molar-refractivity contribution < 1.29 is 0 Å². The average Bonchev–Trinajstić information content (AvgIpc) is 3.43. The highest BCUT2D eigenvalue weighted by molar-refractivity contribution is 5.93. The topological polar surface area (TPSA) is 42.7 Å². The molecule has 0 unspecified atom stereocenters. The van der Waals surface area contributed by atoms with Crippen LogP contribution in [0.1, 0.15) is 11.3 Å². The predicted octanol–water partition coefficient (Wildman–Crippen LogP) is 9.16. The zero-order valence-electron chi connectivity index (χ0n) is 23.5. The summed E-state index contributed by atoms with van der Waals surface area (Å²) in [6.07, 6.45) is 4.17. The van der Waals surface area contributed by atoms with Crippen LogP contribution in [0.2, 0.25) is 0 Å². The Morgan fingerprint density at radius 2 is 1.12 bits per heavy atom. The molecule has 0 spiro atoms. The van der Waals surface area contributed by atoms with Crippen molar-refractivity contribution in [3.05, 3.63) is 157 Å². The Balaban J connectivity index is 1.24. The standard InChI is InChI=1S/C39H28N4/c1-3-11-27(12-4-1)29-23-30(28-13-5-2-6-14-28)25-31(24-29)34-16-9-17-35(41-34)36-18-10-20-39(42-36)43-37-19-8-7-15-32(37)33-21-22-40-26-38(33)43/h1-25,40H,26H2. The van der Waals surface area contributed by atoms with Gasteiger partial charge in [-0.2, -0.15) is 0 Å². The summed E-state index contributed by atoms with van der Waals surface area (Å²) < 4.78 is 2.27. The van der Waals surface area contributed by atoms with E-state index in [0.717, 1.165) is 51.7 Å². The summed E-state index contributed by atoms with van der Waals surface area (Å²) in [6, 6.07) is 48.7. The SMILES string of the molecule is C1=Cc2c(n(-c3cccc(-c4cccc(-c5cc(-c6ccccc6)cc(-c6ccccc6)c5)n4)n3)c3ccccc23)CN1. The van der Waals surface area contributed by atoms with Crippen LogP contribution in [0.15, 0.2) is 146 Å². The molecule has 1 N–H and O–H groups in total. The van der Waals surface area contributed by atoms with Gasteiger partial charge in [-0.3, -0.25) is 4.57 Å². The summed E-state index contributed by atoms with van der Waals surface area (Å²) in [6.45, 7) is 0.752. The molecule has 3 aromatic heterocycles. The molecule has 8 rings (SSSR count). The van der Waals surface area contributed by atoms with Crippen LogP contribution in [0.25, 0.3) is 67.7 Å². The van der Waals surface area contributed by atoms with E-state index in [4.69, 9.17) is 9.97 Å². The molecule has 0 fully saturated rings. The van der Waals surface area contributed by atoms with Crippen LogP contribution in [0.4, 0.5) is 0 Å². The molecule has 0 atom stereocenters. The van der Waals surface area contributed by atoms with E-state index < -0.39 is 0 Å². The van der Waals surface area contributed by atoms with Crippen LogP contribution in [0.5, 0.6) is 0 Å². The number of rotatable bonds is 5. The van der Waals surface area contributed by atoms with Gasteiger partial charge in [-0.05, 0) is 83.1 Å². The highest BCUT2D eigenvalue weighted by atomic mass is 15.1. The number of aromatic nitrogens is 3. The number of hydrogen-bond donors (Lipinski definition) is 1. The lowest BCUT2D eigenvalue weighted by Gasteiger charge is -2.14. The molecule has 4 heterocycles. The Bertz CT molecular complexity index is 2070. The lowest BCUT2D eigenvalue weighted by atomic mass is 9.95. The molecule has 0 aliphatic carbocycles. The fraction of sp³-hybridized carbons (Fsp3) is 0.0256.